The van der Waals surface area contributed by atoms with E-state index < -0.39 is 60.4 Å². The Kier molecular flexibility index (Phi) is 8.05. The van der Waals surface area contributed by atoms with Crippen molar-refractivity contribution in [2.45, 2.75) is 27.1 Å². The number of para-hydroxylation sites is 3. The molecule has 0 atom stereocenters. The summed E-state index contributed by atoms with van der Waals surface area (Å²) >= 11 is 2.15. The van der Waals surface area contributed by atoms with Crippen LogP contribution >= 0.6 is 0 Å². The Labute approximate surface area is 404 Å². The molecule has 0 amide bonds. The van der Waals surface area contributed by atoms with Crippen molar-refractivity contribution in [1.29, 1.82) is 0 Å². The summed E-state index contributed by atoms with van der Waals surface area (Å²) in [5.74, 6) is 1.84. The van der Waals surface area contributed by atoms with Crippen LogP contribution in [0, 0.1) is 28.8 Å². The molecule has 7 aromatic carbocycles. The summed E-state index contributed by atoms with van der Waals surface area (Å²) in [6, 6.07) is 39.9. The van der Waals surface area contributed by atoms with Crippen molar-refractivity contribution in [2.75, 3.05) is 4.81 Å². The Morgan fingerprint density at radius 1 is 0.677 bits per heavy atom. The molecule has 318 valence electrons. The van der Waals surface area contributed by atoms with E-state index in [2.05, 4.69) is 79.0 Å². The first-order chi connectivity index (χ1) is 36.0. The number of hydrogen-bond acceptors (Lipinski definition) is 4. The molecule has 0 fully saturated rings. The number of anilines is 2. The van der Waals surface area contributed by atoms with Gasteiger partial charge >= 0.3 is 315 Å². The summed E-state index contributed by atoms with van der Waals surface area (Å²) in [4.78, 5) is 7.08. The molecule has 1 aliphatic heterocycles. The van der Waals surface area contributed by atoms with Crippen LogP contribution in [0.5, 0.6) is 11.5 Å². The maximum absolute atomic E-state index is 9.10. The third-order valence-corrected chi connectivity index (χ3v) is 12.4. The minimum atomic E-state index is -0.567. The van der Waals surface area contributed by atoms with Crippen molar-refractivity contribution in [3.05, 3.63) is 209 Å². The predicted molar refractivity (Wildman–Crippen MR) is 259 cm³/mol. The molecule has 10 aromatic rings. The van der Waals surface area contributed by atoms with Crippen LogP contribution in [0.15, 0.2) is 188 Å². The number of rotatable bonds is 10. The zero-order valence-corrected chi connectivity index (χ0v) is 37.7. The topological polar surface area (TPSA) is 53.0 Å². The SMILES string of the molecule is [2H]c1c([2H])c([2H])c(-c2cccc(-c3c([2H])c([2H])c([2H])c([2H])c3[2H])c2-n2[c](=[Pt])n(-c3[c-]c(Oc4[c-]c5c(cc4)-c4cc(-c6ccccc6)nn4B(CC(C)C)N5c4cc(C)ccn4)ccc3)c3ccccc32)c([2H])c1[2H]. The molecule has 0 unspecified atom stereocenters. The van der Waals surface area contributed by atoms with E-state index in [9.17, 15) is 0 Å². The van der Waals surface area contributed by atoms with Crippen molar-refractivity contribution in [2.24, 2.45) is 5.92 Å². The number of aromatic nitrogens is 5. The molecule has 0 radical (unpaired) electrons. The van der Waals surface area contributed by atoms with E-state index in [4.69, 9.17) is 28.5 Å². The van der Waals surface area contributed by atoms with Gasteiger partial charge in [-0.3, -0.25) is 0 Å². The maximum atomic E-state index is 9.10. The summed E-state index contributed by atoms with van der Waals surface area (Å²) in [5, 5.41) is 5.22. The number of imidazole rings is 1. The van der Waals surface area contributed by atoms with Crippen LogP contribution in [-0.4, -0.2) is 30.8 Å². The Morgan fingerprint density at radius 3 is 2.03 bits per heavy atom. The van der Waals surface area contributed by atoms with Gasteiger partial charge in [0.25, 0.3) is 0 Å². The molecule has 0 saturated carbocycles. The number of pyridine rings is 1. The van der Waals surface area contributed by atoms with E-state index >= 15 is 0 Å². The van der Waals surface area contributed by atoms with Gasteiger partial charge in [-0.15, -0.1) is 0 Å². The van der Waals surface area contributed by atoms with Gasteiger partial charge in [0.2, 0.25) is 0 Å². The molecule has 1 aliphatic rings. The van der Waals surface area contributed by atoms with Crippen molar-refractivity contribution >= 4 is 29.5 Å². The van der Waals surface area contributed by atoms with E-state index in [1.165, 1.54) is 0 Å². The molecular weight excluding hydrogens is 979 g/mol. The summed E-state index contributed by atoms with van der Waals surface area (Å²) in [5.41, 5.74) is 7.69. The van der Waals surface area contributed by atoms with E-state index in [0.717, 1.165) is 45.9 Å². The molecular formula is C56H43BN6OPt-2. The number of aryl methyl sites for hydroxylation is 1. The summed E-state index contributed by atoms with van der Waals surface area (Å²) in [6.45, 7) is 6.19. The molecule has 0 N–H and O–H groups in total. The van der Waals surface area contributed by atoms with Crippen LogP contribution in [0.1, 0.15) is 33.1 Å². The molecule has 0 spiro atoms. The third kappa shape index (κ3) is 7.48. The Hall–Kier alpha value is -7.28. The molecule has 0 aliphatic carbocycles. The number of nitrogens with zero attached hydrogens (tertiary/aromatic N) is 6. The quantitative estimate of drug-likeness (QED) is 0.101. The predicted octanol–water partition coefficient (Wildman–Crippen LogP) is 13.6. The number of benzene rings is 7. The van der Waals surface area contributed by atoms with Gasteiger partial charge in [-0.05, 0) is 24.5 Å². The Balaban J connectivity index is 1.08. The van der Waals surface area contributed by atoms with Gasteiger partial charge < -0.3 is 0 Å². The fraction of sp³-hybridized carbons (Fsp3) is 0.0893. The van der Waals surface area contributed by atoms with Crippen LogP contribution < -0.4 is 9.55 Å². The number of ether oxygens (including phenoxy) is 1. The van der Waals surface area contributed by atoms with Crippen LogP contribution in [0.2, 0.25) is 6.32 Å². The van der Waals surface area contributed by atoms with Gasteiger partial charge in [0.15, 0.2) is 0 Å². The fourth-order valence-electron chi connectivity index (χ4n) is 8.55. The van der Waals surface area contributed by atoms with E-state index in [0.29, 0.717) is 37.9 Å². The number of fused-ring (bicyclic) bond motifs is 4. The van der Waals surface area contributed by atoms with Crippen LogP contribution in [0.4, 0.5) is 11.5 Å². The van der Waals surface area contributed by atoms with Crippen LogP contribution in [-0.2, 0) is 19.4 Å². The second kappa shape index (κ2) is 17.0. The monoisotopic (exact) mass is 1030 g/mol. The normalized spacial score (nSPS) is 14.3. The van der Waals surface area contributed by atoms with Crippen molar-refractivity contribution in [3.8, 4) is 67.6 Å². The average Bonchev–Trinajstić information content (AvgIpc) is 3.99. The molecule has 9 heteroatoms. The molecule has 4 heterocycles. The standard InChI is InChI=1S/C56H43BN6O.Pt/c1-39(2)37-57-62(55-33-40(3)31-32-58-55)53-35-46(29-30-49(53)54-36-50(59-63(54)57)43-21-11-6-12-22-43)64-45-24-15-23-44(34-45)60-38-61(52-28-14-13-27-51(52)60)56-47(41-17-7-4-8-18-41)25-16-26-48(56)42-19-9-5-10-20-42;/h4-33,36,39H,37H2,1-3H3;/q-2;/i4D,5D,7D,8D,9D,10D,17D,18D,19D,20D;. The van der Waals surface area contributed by atoms with Crippen molar-refractivity contribution in [3.63, 3.8) is 0 Å². The van der Waals surface area contributed by atoms with Gasteiger partial charge in [-0.1, -0.05) is 44.2 Å². The van der Waals surface area contributed by atoms with E-state index in [-0.39, 0.29) is 34.9 Å². The summed E-state index contributed by atoms with van der Waals surface area (Å²) < 4.78 is 101. The fourth-order valence-corrected chi connectivity index (χ4v) is 9.63. The molecule has 0 bridgehead atoms. The zero-order chi connectivity index (χ0) is 52.7. The van der Waals surface area contributed by atoms with E-state index in [1.54, 1.807) is 24.3 Å². The minimum absolute atomic E-state index is 0.123. The Morgan fingerprint density at radius 2 is 1.34 bits per heavy atom. The van der Waals surface area contributed by atoms with Gasteiger partial charge in [0.1, 0.15) is 0 Å². The van der Waals surface area contributed by atoms with Gasteiger partial charge in [0.05, 0.1) is 5.69 Å². The summed E-state index contributed by atoms with van der Waals surface area (Å²) in [7, 11) is 0. The molecule has 7 nitrogen and oxygen atoms in total. The first kappa shape index (κ1) is 30.7. The zero-order valence-electron chi connectivity index (χ0n) is 45.4. The molecule has 3 aromatic heterocycles. The van der Waals surface area contributed by atoms with Crippen molar-refractivity contribution in [1.82, 2.24) is 23.8 Å². The Bertz CT molecular complexity index is 3890. The van der Waals surface area contributed by atoms with Gasteiger partial charge in [-0.2, -0.15) is 5.10 Å². The number of hydrogen-bond donors (Lipinski definition) is 0. The van der Waals surface area contributed by atoms with Crippen LogP contribution in [0.3, 0.4) is 0 Å². The summed E-state index contributed by atoms with van der Waals surface area (Å²) in [6.07, 6.45) is 2.57. The van der Waals surface area contributed by atoms with Gasteiger partial charge in [-0.25, -0.2) is 0 Å². The van der Waals surface area contributed by atoms with Crippen LogP contribution in [0.25, 0.3) is 67.2 Å². The molecule has 65 heavy (non-hydrogen) atoms. The van der Waals surface area contributed by atoms with Gasteiger partial charge in [0, 0.05) is 11.8 Å². The second-order valence-electron chi connectivity index (χ2n) is 16.1. The first-order valence-corrected chi connectivity index (χ1v) is 22.3. The van der Waals surface area contributed by atoms with E-state index in [1.807, 2.05) is 95.1 Å². The average molecular weight is 1030 g/mol. The molecule has 11 rings (SSSR count). The van der Waals surface area contributed by atoms with Crippen molar-refractivity contribution < 1.29 is 37.8 Å². The third-order valence-electron chi connectivity index (χ3n) is 11.3. The first-order valence-electron chi connectivity index (χ1n) is 26.1. The second-order valence-corrected chi connectivity index (χ2v) is 17.1. The molecule has 0 saturated heterocycles.